The van der Waals surface area contributed by atoms with Crippen LogP contribution in [-0.2, 0) is 4.79 Å². The lowest BCUT2D eigenvalue weighted by Crippen LogP contribution is -2.06. The van der Waals surface area contributed by atoms with Crippen LogP contribution in [0.4, 0.5) is 5.82 Å². The molecule has 0 aliphatic rings. The van der Waals surface area contributed by atoms with Crippen LogP contribution >= 0.6 is 27.5 Å². The Bertz CT molecular complexity index is 571. The molecular weight excluding hydrogens is 291 g/mol. The molecule has 5 heteroatoms. The molecule has 82 valence electrons. The first-order valence-corrected chi connectivity index (χ1v) is 5.76. The number of pyridine rings is 1. The quantitative estimate of drug-likeness (QED) is 0.874. The van der Waals surface area contributed by atoms with E-state index in [2.05, 4.69) is 26.2 Å². The standard InChI is InChI=1S/C11H8BrClN2O/c1-6(16)15-11-4-7-2-9(12)10(13)3-8(7)5-14-11/h2-5H,1H3,(H,14,15,16). The van der Waals surface area contributed by atoms with Gasteiger partial charge in [-0.1, -0.05) is 11.6 Å². The molecule has 3 nitrogen and oxygen atoms in total. The van der Waals surface area contributed by atoms with Gasteiger partial charge < -0.3 is 5.32 Å². The minimum atomic E-state index is -0.139. The number of amides is 1. The summed E-state index contributed by atoms with van der Waals surface area (Å²) in [6.07, 6.45) is 1.68. The van der Waals surface area contributed by atoms with Crippen molar-refractivity contribution >= 4 is 50.0 Å². The summed E-state index contributed by atoms with van der Waals surface area (Å²) in [5, 5.41) is 5.17. The fourth-order valence-corrected chi connectivity index (χ4v) is 1.92. The molecule has 0 radical (unpaired) electrons. The molecule has 0 aliphatic carbocycles. The zero-order chi connectivity index (χ0) is 11.7. The van der Waals surface area contributed by atoms with Crippen LogP contribution in [0.15, 0.2) is 28.9 Å². The van der Waals surface area contributed by atoms with E-state index in [0.29, 0.717) is 10.8 Å². The van der Waals surface area contributed by atoms with Crippen LogP contribution in [0, 0.1) is 0 Å². The average molecular weight is 300 g/mol. The van der Waals surface area contributed by atoms with Crippen molar-refractivity contribution in [2.45, 2.75) is 6.92 Å². The first kappa shape index (κ1) is 11.4. The smallest absolute Gasteiger partial charge is 0.222 e. The number of hydrogen-bond acceptors (Lipinski definition) is 2. The van der Waals surface area contributed by atoms with E-state index in [-0.39, 0.29) is 5.91 Å². The highest BCUT2D eigenvalue weighted by molar-refractivity contribution is 9.10. The predicted octanol–water partition coefficient (Wildman–Crippen LogP) is 3.61. The van der Waals surface area contributed by atoms with E-state index >= 15 is 0 Å². The number of aromatic nitrogens is 1. The Morgan fingerprint density at radius 3 is 2.81 bits per heavy atom. The molecule has 16 heavy (non-hydrogen) atoms. The van der Waals surface area contributed by atoms with Crippen LogP contribution in [0.2, 0.25) is 5.02 Å². The molecule has 0 unspecified atom stereocenters. The van der Waals surface area contributed by atoms with Crippen molar-refractivity contribution in [3.63, 3.8) is 0 Å². The fourth-order valence-electron chi connectivity index (χ4n) is 1.39. The van der Waals surface area contributed by atoms with Gasteiger partial charge in [0.2, 0.25) is 5.91 Å². The molecule has 0 spiro atoms. The summed E-state index contributed by atoms with van der Waals surface area (Å²) < 4.78 is 0.821. The molecule has 2 rings (SSSR count). The molecular formula is C11H8BrClN2O. The van der Waals surface area contributed by atoms with Crippen LogP contribution in [-0.4, -0.2) is 10.9 Å². The summed E-state index contributed by atoms with van der Waals surface area (Å²) in [6, 6.07) is 5.52. The number of rotatable bonds is 1. The van der Waals surface area contributed by atoms with E-state index in [4.69, 9.17) is 11.6 Å². The molecule has 2 aromatic rings. The molecule has 0 atom stereocenters. The van der Waals surface area contributed by atoms with Crippen molar-refractivity contribution in [1.29, 1.82) is 0 Å². The number of hydrogen-bond donors (Lipinski definition) is 1. The minimum Gasteiger partial charge on any atom is -0.311 e. The number of carbonyl (C=O) groups is 1. The van der Waals surface area contributed by atoms with Crippen molar-refractivity contribution in [3.8, 4) is 0 Å². The summed E-state index contributed by atoms with van der Waals surface area (Å²) in [5.41, 5.74) is 0. The summed E-state index contributed by atoms with van der Waals surface area (Å²) in [5.74, 6) is 0.397. The number of anilines is 1. The molecule has 0 saturated heterocycles. The number of carbonyl (C=O) groups excluding carboxylic acids is 1. The van der Waals surface area contributed by atoms with Gasteiger partial charge in [0.05, 0.1) is 5.02 Å². The summed E-state index contributed by atoms with van der Waals surface area (Å²) in [7, 11) is 0. The molecule has 1 aromatic carbocycles. The van der Waals surface area contributed by atoms with Gasteiger partial charge in [-0.05, 0) is 39.5 Å². The summed E-state index contributed by atoms with van der Waals surface area (Å²) in [6.45, 7) is 1.45. The third kappa shape index (κ3) is 2.33. The van der Waals surface area contributed by atoms with Gasteiger partial charge in [0.15, 0.2) is 0 Å². The predicted molar refractivity (Wildman–Crippen MR) is 68.8 cm³/mol. The van der Waals surface area contributed by atoms with Crippen molar-refractivity contribution in [2.24, 2.45) is 0 Å². The molecule has 0 fully saturated rings. The van der Waals surface area contributed by atoms with Crippen molar-refractivity contribution in [3.05, 3.63) is 33.9 Å². The largest absolute Gasteiger partial charge is 0.311 e. The Balaban J connectivity index is 2.53. The molecule has 1 heterocycles. The lowest BCUT2D eigenvalue weighted by Gasteiger charge is -2.04. The Morgan fingerprint density at radius 2 is 2.12 bits per heavy atom. The second kappa shape index (κ2) is 4.39. The third-order valence-corrected chi connectivity index (χ3v) is 3.26. The van der Waals surface area contributed by atoms with Gasteiger partial charge in [0.1, 0.15) is 5.82 Å². The van der Waals surface area contributed by atoms with E-state index in [1.165, 1.54) is 6.92 Å². The van der Waals surface area contributed by atoms with Crippen LogP contribution in [0.5, 0.6) is 0 Å². The maximum absolute atomic E-state index is 10.9. The van der Waals surface area contributed by atoms with Crippen molar-refractivity contribution in [1.82, 2.24) is 4.98 Å². The molecule has 1 aromatic heterocycles. The topological polar surface area (TPSA) is 42.0 Å². The zero-order valence-corrected chi connectivity index (χ0v) is 10.8. The molecule has 1 amide bonds. The first-order valence-electron chi connectivity index (χ1n) is 4.58. The normalized spacial score (nSPS) is 10.4. The maximum Gasteiger partial charge on any atom is 0.222 e. The van der Waals surface area contributed by atoms with E-state index in [1.807, 2.05) is 12.1 Å². The SMILES string of the molecule is CC(=O)Nc1cc2cc(Br)c(Cl)cc2cn1. The lowest BCUT2D eigenvalue weighted by molar-refractivity contribution is -0.114. The van der Waals surface area contributed by atoms with Crippen LogP contribution < -0.4 is 5.32 Å². The van der Waals surface area contributed by atoms with Gasteiger partial charge in [-0.3, -0.25) is 4.79 Å². The van der Waals surface area contributed by atoms with Gasteiger partial charge >= 0.3 is 0 Å². The van der Waals surface area contributed by atoms with Crippen molar-refractivity contribution < 1.29 is 4.79 Å². The summed E-state index contributed by atoms with van der Waals surface area (Å²) >= 11 is 9.32. The van der Waals surface area contributed by atoms with E-state index in [0.717, 1.165) is 15.2 Å². The minimum absolute atomic E-state index is 0.139. The van der Waals surface area contributed by atoms with E-state index in [9.17, 15) is 4.79 Å². The molecule has 0 saturated carbocycles. The Morgan fingerprint density at radius 1 is 1.38 bits per heavy atom. The number of fused-ring (bicyclic) bond motifs is 1. The van der Waals surface area contributed by atoms with E-state index in [1.54, 1.807) is 12.3 Å². The lowest BCUT2D eigenvalue weighted by atomic mass is 10.2. The van der Waals surface area contributed by atoms with Gasteiger partial charge in [-0.15, -0.1) is 0 Å². The second-order valence-corrected chi connectivity index (χ2v) is 4.63. The highest BCUT2D eigenvalue weighted by Crippen LogP contribution is 2.28. The van der Waals surface area contributed by atoms with Crippen LogP contribution in [0.25, 0.3) is 10.8 Å². The van der Waals surface area contributed by atoms with Gasteiger partial charge in [-0.25, -0.2) is 4.98 Å². The first-order chi connectivity index (χ1) is 7.56. The third-order valence-electron chi connectivity index (χ3n) is 2.06. The van der Waals surface area contributed by atoms with E-state index < -0.39 is 0 Å². The second-order valence-electron chi connectivity index (χ2n) is 3.36. The van der Waals surface area contributed by atoms with Gasteiger partial charge in [0.25, 0.3) is 0 Å². The van der Waals surface area contributed by atoms with Gasteiger partial charge in [-0.2, -0.15) is 0 Å². The highest BCUT2D eigenvalue weighted by atomic mass is 79.9. The number of nitrogens with zero attached hydrogens (tertiary/aromatic N) is 1. The summed E-state index contributed by atoms with van der Waals surface area (Å²) in [4.78, 5) is 15.0. The average Bonchev–Trinajstić information content (AvgIpc) is 2.19. The van der Waals surface area contributed by atoms with Gasteiger partial charge in [0, 0.05) is 23.0 Å². The molecule has 0 bridgehead atoms. The van der Waals surface area contributed by atoms with Crippen LogP contribution in [0.3, 0.4) is 0 Å². The molecule has 1 N–H and O–H groups in total. The highest BCUT2D eigenvalue weighted by Gasteiger charge is 2.03. The maximum atomic E-state index is 10.9. The zero-order valence-electron chi connectivity index (χ0n) is 8.42. The molecule has 0 aliphatic heterocycles. The monoisotopic (exact) mass is 298 g/mol. The number of halogens is 2. The van der Waals surface area contributed by atoms with Crippen molar-refractivity contribution in [2.75, 3.05) is 5.32 Å². The Labute approximate surface area is 106 Å². The number of benzene rings is 1. The fraction of sp³-hybridized carbons (Fsp3) is 0.0909. The van der Waals surface area contributed by atoms with Crippen LogP contribution in [0.1, 0.15) is 6.92 Å². The number of nitrogens with one attached hydrogen (secondary N) is 1. The Hall–Kier alpha value is -1.13. The Kier molecular flexibility index (Phi) is 3.12.